The zero-order valence-electron chi connectivity index (χ0n) is 11.7. The van der Waals surface area contributed by atoms with Crippen molar-refractivity contribution in [2.75, 3.05) is 7.11 Å². The van der Waals surface area contributed by atoms with E-state index in [4.69, 9.17) is 4.74 Å². The standard InChI is InChI=1S/C18H19O/c1-14(2)17-11-9-15(10-12-17)7-8-16-5-4-6-18(13-16)19-3/h4-5,7-14H,1-3H3/b8-7-. The van der Waals surface area contributed by atoms with E-state index in [1.807, 2.05) is 18.2 Å². The van der Waals surface area contributed by atoms with Crippen LogP contribution in [0.15, 0.2) is 42.5 Å². The molecule has 0 atom stereocenters. The Morgan fingerprint density at radius 2 is 1.68 bits per heavy atom. The summed E-state index contributed by atoms with van der Waals surface area (Å²) in [6.07, 6.45) is 4.19. The molecule has 0 unspecified atom stereocenters. The van der Waals surface area contributed by atoms with E-state index in [0.717, 1.165) is 11.3 Å². The van der Waals surface area contributed by atoms with Crippen LogP contribution in [0, 0.1) is 6.07 Å². The summed E-state index contributed by atoms with van der Waals surface area (Å²) in [5.74, 6) is 1.34. The highest BCUT2D eigenvalue weighted by Crippen LogP contribution is 2.17. The van der Waals surface area contributed by atoms with Crippen molar-refractivity contribution in [2.45, 2.75) is 19.8 Å². The summed E-state index contributed by atoms with van der Waals surface area (Å²) < 4.78 is 5.16. The topological polar surface area (TPSA) is 9.23 Å². The highest BCUT2D eigenvalue weighted by atomic mass is 16.5. The Bertz CT molecular complexity index is 550. The predicted molar refractivity (Wildman–Crippen MR) is 81.3 cm³/mol. The van der Waals surface area contributed by atoms with E-state index in [2.05, 4.69) is 56.3 Å². The molecule has 2 aromatic carbocycles. The van der Waals surface area contributed by atoms with Crippen LogP contribution in [0.2, 0.25) is 0 Å². The van der Waals surface area contributed by atoms with Gasteiger partial charge in [-0.1, -0.05) is 56.3 Å². The SMILES string of the molecule is COc1[c]ccc(/C=C\c2ccc(C(C)C)cc2)c1. The van der Waals surface area contributed by atoms with Gasteiger partial charge in [0.1, 0.15) is 5.75 Å². The molecular weight excluding hydrogens is 232 g/mol. The quantitative estimate of drug-likeness (QED) is 0.710. The van der Waals surface area contributed by atoms with Crippen molar-refractivity contribution in [3.05, 3.63) is 65.2 Å². The molecule has 0 aliphatic carbocycles. The molecule has 97 valence electrons. The summed E-state index contributed by atoms with van der Waals surface area (Å²) >= 11 is 0. The van der Waals surface area contributed by atoms with Crippen LogP contribution >= 0.6 is 0 Å². The molecule has 1 radical (unpaired) electrons. The lowest BCUT2D eigenvalue weighted by molar-refractivity contribution is 0.414. The Balaban J connectivity index is 2.13. The van der Waals surface area contributed by atoms with Crippen molar-refractivity contribution in [3.63, 3.8) is 0 Å². The molecule has 0 saturated carbocycles. The van der Waals surface area contributed by atoms with Crippen LogP contribution in [0.5, 0.6) is 5.75 Å². The summed E-state index contributed by atoms with van der Waals surface area (Å²) in [6, 6.07) is 17.6. The average molecular weight is 251 g/mol. The molecule has 0 spiro atoms. The molecule has 0 aliphatic rings. The fourth-order valence-electron chi connectivity index (χ4n) is 1.87. The summed E-state index contributed by atoms with van der Waals surface area (Å²) in [7, 11) is 1.66. The smallest absolute Gasteiger partial charge is 0.127 e. The van der Waals surface area contributed by atoms with Gasteiger partial charge in [0.25, 0.3) is 0 Å². The summed E-state index contributed by atoms with van der Waals surface area (Å²) in [5.41, 5.74) is 3.69. The normalized spacial score (nSPS) is 11.2. The lowest BCUT2D eigenvalue weighted by Crippen LogP contribution is -1.86. The van der Waals surface area contributed by atoms with Gasteiger partial charge < -0.3 is 4.74 Å². The summed E-state index contributed by atoms with van der Waals surface area (Å²) in [4.78, 5) is 0. The number of rotatable bonds is 4. The first kappa shape index (κ1) is 13.4. The van der Waals surface area contributed by atoms with Crippen LogP contribution in [0.1, 0.15) is 36.5 Å². The van der Waals surface area contributed by atoms with E-state index in [9.17, 15) is 0 Å². The molecule has 0 bridgehead atoms. The Labute approximate surface area is 115 Å². The molecule has 0 heterocycles. The second-order valence-corrected chi connectivity index (χ2v) is 4.85. The largest absolute Gasteiger partial charge is 0.496 e. The average Bonchev–Trinajstić information content (AvgIpc) is 2.46. The van der Waals surface area contributed by atoms with Crippen LogP contribution in [-0.4, -0.2) is 7.11 Å². The highest BCUT2D eigenvalue weighted by molar-refractivity contribution is 5.70. The molecule has 19 heavy (non-hydrogen) atoms. The van der Waals surface area contributed by atoms with Crippen molar-refractivity contribution in [2.24, 2.45) is 0 Å². The highest BCUT2D eigenvalue weighted by Gasteiger charge is 1.97. The van der Waals surface area contributed by atoms with E-state index in [0.29, 0.717) is 5.92 Å². The predicted octanol–water partition coefficient (Wildman–Crippen LogP) is 4.79. The van der Waals surface area contributed by atoms with E-state index < -0.39 is 0 Å². The molecule has 0 fully saturated rings. The van der Waals surface area contributed by atoms with Gasteiger partial charge in [-0.25, -0.2) is 0 Å². The third kappa shape index (κ3) is 3.72. The molecule has 0 aliphatic heterocycles. The Hall–Kier alpha value is -2.02. The van der Waals surface area contributed by atoms with Crippen molar-refractivity contribution < 1.29 is 4.74 Å². The molecule has 2 aromatic rings. The molecule has 2 rings (SSSR count). The number of hydrogen-bond donors (Lipinski definition) is 0. The maximum Gasteiger partial charge on any atom is 0.127 e. The fourth-order valence-corrected chi connectivity index (χ4v) is 1.87. The number of benzene rings is 2. The van der Waals surface area contributed by atoms with E-state index >= 15 is 0 Å². The van der Waals surface area contributed by atoms with Gasteiger partial charge in [0.05, 0.1) is 7.11 Å². The van der Waals surface area contributed by atoms with E-state index in [1.165, 1.54) is 11.1 Å². The van der Waals surface area contributed by atoms with Crippen LogP contribution < -0.4 is 4.74 Å². The second-order valence-electron chi connectivity index (χ2n) is 4.85. The minimum absolute atomic E-state index is 0.576. The zero-order chi connectivity index (χ0) is 13.7. The van der Waals surface area contributed by atoms with Gasteiger partial charge in [0, 0.05) is 6.07 Å². The van der Waals surface area contributed by atoms with Crippen LogP contribution in [0.25, 0.3) is 12.2 Å². The number of ether oxygens (including phenoxy) is 1. The van der Waals surface area contributed by atoms with Gasteiger partial charge >= 0.3 is 0 Å². The van der Waals surface area contributed by atoms with E-state index in [1.54, 1.807) is 7.11 Å². The molecular formula is C18H19O. The number of methoxy groups -OCH3 is 1. The van der Waals surface area contributed by atoms with Crippen molar-refractivity contribution in [3.8, 4) is 5.75 Å². The third-order valence-electron chi connectivity index (χ3n) is 3.09. The first-order chi connectivity index (χ1) is 9.19. The molecule has 1 heteroatoms. The minimum Gasteiger partial charge on any atom is -0.496 e. The molecule has 0 N–H and O–H groups in total. The molecule has 1 nitrogen and oxygen atoms in total. The minimum atomic E-state index is 0.576. The zero-order valence-corrected chi connectivity index (χ0v) is 11.7. The van der Waals surface area contributed by atoms with Gasteiger partial charge in [0.15, 0.2) is 0 Å². The van der Waals surface area contributed by atoms with Crippen molar-refractivity contribution in [1.29, 1.82) is 0 Å². The fraction of sp³-hybridized carbons (Fsp3) is 0.222. The first-order valence-electron chi connectivity index (χ1n) is 6.53. The maximum absolute atomic E-state index is 5.16. The second kappa shape index (κ2) is 6.24. The first-order valence-corrected chi connectivity index (χ1v) is 6.53. The Morgan fingerprint density at radius 3 is 2.32 bits per heavy atom. The van der Waals surface area contributed by atoms with Gasteiger partial charge in [-0.15, -0.1) is 0 Å². The Morgan fingerprint density at radius 1 is 1.00 bits per heavy atom. The summed E-state index contributed by atoms with van der Waals surface area (Å²) in [5, 5.41) is 0. The Kier molecular flexibility index (Phi) is 4.40. The molecule has 0 aromatic heterocycles. The molecule has 0 amide bonds. The monoisotopic (exact) mass is 251 g/mol. The maximum atomic E-state index is 5.16. The van der Waals surface area contributed by atoms with Gasteiger partial charge in [0.2, 0.25) is 0 Å². The van der Waals surface area contributed by atoms with Gasteiger partial charge in [-0.2, -0.15) is 0 Å². The van der Waals surface area contributed by atoms with Crippen LogP contribution in [0.4, 0.5) is 0 Å². The third-order valence-corrected chi connectivity index (χ3v) is 3.09. The van der Waals surface area contributed by atoms with Gasteiger partial charge in [-0.3, -0.25) is 0 Å². The van der Waals surface area contributed by atoms with Gasteiger partial charge in [-0.05, 0) is 34.7 Å². The van der Waals surface area contributed by atoms with Crippen LogP contribution in [0.3, 0.4) is 0 Å². The number of hydrogen-bond acceptors (Lipinski definition) is 1. The lowest BCUT2D eigenvalue weighted by Gasteiger charge is -2.04. The lowest BCUT2D eigenvalue weighted by atomic mass is 10.0. The molecule has 0 saturated heterocycles. The van der Waals surface area contributed by atoms with Crippen molar-refractivity contribution in [1.82, 2.24) is 0 Å². The van der Waals surface area contributed by atoms with Crippen molar-refractivity contribution >= 4 is 12.2 Å². The summed E-state index contributed by atoms with van der Waals surface area (Å²) in [6.45, 7) is 4.41. The van der Waals surface area contributed by atoms with Crippen LogP contribution in [-0.2, 0) is 0 Å². The van der Waals surface area contributed by atoms with E-state index in [-0.39, 0.29) is 0 Å².